The molecule has 0 saturated heterocycles. The second-order valence-electron chi connectivity index (χ2n) is 3.66. The Morgan fingerprint density at radius 1 is 1.40 bits per heavy atom. The van der Waals surface area contributed by atoms with Crippen LogP contribution in [0.25, 0.3) is 11.1 Å². The number of hydrogen-bond acceptors (Lipinski definition) is 3. The third-order valence-electron chi connectivity index (χ3n) is 2.71. The fourth-order valence-corrected chi connectivity index (χ4v) is 1.99. The van der Waals surface area contributed by atoms with E-state index in [1.54, 1.807) is 12.3 Å². The predicted molar refractivity (Wildman–Crippen MR) is 57.5 cm³/mol. The molecule has 3 N–H and O–H groups in total. The lowest BCUT2D eigenvalue weighted by Gasteiger charge is -2.00. The summed E-state index contributed by atoms with van der Waals surface area (Å²) in [4.78, 5) is 18.2. The lowest BCUT2D eigenvalue weighted by Crippen LogP contribution is -2.13. The Balaban J connectivity index is 2.33. The number of pyridine rings is 2. The number of nitrogen functional groups attached to an aromatic ring is 1. The van der Waals surface area contributed by atoms with Crippen molar-refractivity contribution in [2.24, 2.45) is 0 Å². The number of nitrogens with one attached hydrogen (secondary N) is 1. The zero-order valence-electron chi connectivity index (χ0n) is 7.95. The van der Waals surface area contributed by atoms with Gasteiger partial charge >= 0.3 is 0 Å². The van der Waals surface area contributed by atoms with Crippen LogP contribution in [-0.4, -0.2) is 9.97 Å². The lowest BCUT2D eigenvalue weighted by molar-refractivity contribution is 1.08. The average Bonchev–Trinajstić information content (AvgIpc) is 2.57. The van der Waals surface area contributed by atoms with Crippen molar-refractivity contribution >= 4 is 5.69 Å². The third kappa shape index (κ3) is 1.08. The van der Waals surface area contributed by atoms with Gasteiger partial charge in [0.25, 0.3) is 5.56 Å². The van der Waals surface area contributed by atoms with E-state index in [2.05, 4.69) is 9.97 Å². The van der Waals surface area contributed by atoms with Crippen molar-refractivity contribution in [3.8, 4) is 11.1 Å². The average molecular weight is 199 g/mol. The van der Waals surface area contributed by atoms with Crippen LogP contribution in [0.1, 0.15) is 11.3 Å². The van der Waals surface area contributed by atoms with Gasteiger partial charge in [-0.05, 0) is 23.3 Å². The first-order valence-electron chi connectivity index (χ1n) is 4.70. The Morgan fingerprint density at radius 3 is 3.13 bits per heavy atom. The summed E-state index contributed by atoms with van der Waals surface area (Å²) in [5, 5.41) is 0. The van der Waals surface area contributed by atoms with Crippen LogP contribution < -0.4 is 11.3 Å². The number of rotatable bonds is 0. The van der Waals surface area contributed by atoms with Crippen molar-refractivity contribution in [1.29, 1.82) is 0 Å². The van der Waals surface area contributed by atoms with Gasteiger partial charge in [0, 0.05) is 30.1 Å². The molecule has 0 aliphatic heterocycles. The highest BCUT2D eigenvalue weighted by Gasteiger charge is 2.19. The molecule has 0 radical (unpaired) electrons. The van der Waals surface area contributed by atoms with Crippen molar-refractivity contribution in [3.05, 3.63) is 46.1 Å². The van der Waals surface area contributed by atoms with Crippen LogP contribution in [-0.2, 0) is 6.42 Å². The smallest absolute Gasteiger partial charge is 0.271 e. The zero-order chi connectivity index (χ0) is 10.4. The molecule has 2 aromatic heterocycles. The van der Waals surface area contributed by atoms with E-state index in [-0.39, 0.29) is 11.2 Å². The lowest BCUT2D eigenvalue weighted by atomic mass is 10.1. The van der Waals surface area contributed by atoms with Crippen LogP contribution in [0.4, 0.5) is 5.69 Å². The summed E-state index contributed by atoms with van der Waals surface area (Å²) in [5.41, 5.74) is 9.83. The molecule has 0 saturated carbocycles. The molecule has 0 aromatic carbocycles. The molecule has 0 spiro atoms. The molecule has 0 bridgehead atoms. The molecule has 15 heavy (non-hydrogen) atoms. The van der Waals surface area contributed by atoms with Gasteiger partial charge in [-0.15, -0.1) is 0 Å². The van der Waals surface area contributed by atoms with Gasteiger partial charge < -0.3 is 10.7 Å². The largest absolute Gasteiger partial charge is 0.394 e. The van der Waals surface area contributed by atoms with E-state index in [9.17, 15) is 4.79 Å². The number of H-pyrrole nitrogens is 1. The molecule has 2 heterocycles. The first-order valence-corrected chi connectivity index (χ1v) is 4.70. The fraction of sp³-hybridized carbons (Fsp3) is 0.0909. The summed E-state index contributed by atoms with van der Waals surface area (Å²) in [5.74, 6) is 0. The van der Waals surface area contributed by atoms with Crippen LogP contribution in [0.2, 0.25) is 0 Å². The molecule has 4 nitrogen and oxygen atoms in total. The number of aromatic amines is 1. The van der Waals surface area contributed by atoms with Gasteiger partial charge in [0.2, 0.25) is 0 Å². The van der Waals surface area contributed by atoms with E-state index in [0.29, 0.717) is 0 Å². The van der Waals surface area contributed by atoms with Crippen molar-refractivity contribution in [2.75, 3.05) is 5.73 Å². The Labute approximate surface area is 85.8 Å². The van der Waals surface area contributed by atoms with Gasteiger partial charge in [0.15, 0.2) is 0 Å². The Morgan fingerprint density at radius 2 is 2.27 bits per heavy atom. The van der Waals surface area contributed by atoms with Crippen molar-refractivity contribution < 1.29 is 0 Å². The van der Waals surface area contributed by atoms with Crippen LogP contribution in [0.3, 0.4) is 0 Å². The SMILES string of the molecule is Nc1cc2c([nH]c1=O)Cc1cnccc1-2. The molecule has 0 fully saturated rings. The second kappa shape index (κ2) is 2.70. The highest BCUT2D eigenvalue weighted by Crippen LogP contribution is 2.34. The highest BCUT2D eigenvalue weighted by molar-refractivity contribution is 5.76. The summed E-state index contributed by atoms with van der Waals surface area (Å²) >= 11 is 0. The molecule has 4 heteroatoms. The predicted octanol–water partition coefficient (Wildman–Crippen LogP) is 0.923. The van der Waals surface area contributed by atoms with Gasteiger partial charge in [0.05, 0.1) is 5.69 Å². The minimum Gasteiger partial charge on any atom is -0.394 e. The summed E-state index contributed by atoms with van der Waals surface area (Å²) in [7, 11) is 0. The summed E-state index contributed by atoms with van der Waals surface area (Å²) < 4.78 is 0. The molecule has 0 unspecified atom stereocenters. The minimum absolute atomic E-state index is 0.213. The Bertz CT molecular complexity index is 601. The maximum absolute atomic E-state index is 11.3. The molecule has 74 valence electrons. The topological polar surface area (TPSA) is 71.8 Å². The maximum atomic E-state index is 11.3. The highest BCUT2D eigenvalue weighted by atomic mass is 16.1. The fourth-order valence-electron chi connectivity index (χ4n) is 1.99. The van der Waals surface area contributed by atoms with E-state index >= 15 is 0 Å². The van der Waals surface area contributed by atoms with Crippen LogP contribution in [0, 0.1) is 0 Å². The molecule has 0 amide bonds. The number of aromatic nitrogens is 2. The standard InChI is InChI=1S/C11H9N3O/c12-9-4-8-7-1-2-13-5-6(7)3-10(8)14-11(9)15/h1-2,4-5H,3,12H2,(H,14,15). The molecule has 1 aliphatic carbocycles. The monoisotopic (exact) mass is 199 g/mol. The molecular formula is C11H9N3O. The molecule has 3 rings (SSSR count). The van der Waals surface area contributed by atoms with E-state index in [1.165, 1.54) is 0 Å². The normalized spacial score (nSPS) is 12.3. The van der Waals surface area contributed by atoms with Gasteiger partial charge in [-0.3, -0.25) is 9.78 Å². The summed E-state index contributed by atoms with van der Waals surface area (Å²) in [6.07, 6.45) is 4.30. The molecule has 2 aromatic rings. The van der Waals surface area contributed by atoms with Crippen molar-refractivity contribution in [3.63, 3.8) is 0 Å². The van der Waals surface area contributed by atoms with Crippen LogP contribution in [0.15, 0.2) is 29.3 Å². The summed E-state index contributed by atoms with van der Waals surface area (Å²) in [6, 6.07) is 3.68. The van der Waals surface area contributed by atoms with E-state index < -0.39 is 0 Å². The van der Waals surface area contributed by atoms with Crippen molar-refractivity contribution in [2.45, 2.75) is 6.42 Å². The molecule has 1 aliphatic rings. The number of nitrogens with two attached hydrogens (primary N) is 1. The number of anilines is 1. The Hall–Kier alpha value is -2.10. The van der Waals surface area contributed by atoms with Gasteiger partial charge in [-0.2, -0.15) is 0 Å². The van der Waals surface area contributed by atoms with Gasteiger partial charge in [-0.1, -0.05) is 0 Å². The van der Waals surface area contributed by atoms with Crippen LogP contribution in [0.5, 0.6) is 0 Å². The molecular weight excluding hydrogens is 190 g/mol. The quantitative estimate of drug-likeness (QED) is 0.565. The minimum atomic E-state index is -0.213. The maximum Gasteiger partial charge on any atom is 0.271 e. The number of fused-ring (bicyclic) bond motifs is 3. The summed E-state index contributed by atoms with van der Waals surface area (Å²) in [6.45, 7) is 0. The number of hydrogen-bond donors (Lipinski definition) is 2. The van der Waals surface area contributed by atoms with Gasteiger partial charge in [0.1, 0.15) is 0 Å². The first-order chi connectivity index (χ1) is 7.25. The first kappa shape index (κ1) is 8.23. The zero-order valence-corrected chi connectivity index (χ0v) is 7.95. The van der Waals surface area contributed by atoms with Crippen LogP contribution >= 0.6 is 0 Å². The Kier molecular flexibility index (Phi) is 1.48. The van der Waals surface area contributed by atoms with E-state index in [1.807, 2.05) is 12.3 Å². The number of nitrogens with zero attached hydrogens (tertiary/aromatic N) is 1. The molecule has 0 atom stereocenters. The van der Waals surface area contributed by atoms with Gasteiger partial charge in [-0.25, -0.2) is 0 Å². The second-order valence-corrected chi connectivity index (χ2v) is 3.66. The van der Waals surface area contributed by atoms with E-state index in [0.717, 1.165) is 28.8 Å². The van der Waals surface area contributed by atoms with Crippen molar-refractivity contribution in [1.82, 2.24) is 9.97 Å². The third-order valence-corrected chi connectivity index (χ3v) is 2.71. The van der Waals surface area contributed by atoms with E-state index in [4.69, 9.17) is 5.73 Å².